The van der Waals surface area contributed by atoms with E-state index < -0.39 is 0 Å². The highest BCUT2D eigenvalue weighted by Gasteiger charge is 2.26. The molecule has 1 aliphatic rings. The zero-order chi connectivity index (χ0) is 17.2. The summed E-state index contributed by atoms with van der Waals surface area (Å²) in [6.07, 6.45) is 7.72. The number of hydrogen-bond acceptors (Lipinski definition) is 5. The zero-order valence-corrected chi connectivity index (χ0v) is 14.2. The minimum Gasteiger partial charge on any atom is -0.395 e. The Balaban J connectivity index is 1.69. The Morgan fingerprint density at radius 2 is 1.88 bits per heavy atom. The number of anilines is 2. The highest BCUT2D eigenvalue weighted by molar-refractivity contribution is 5.74. The third-order valence-electron chi connectivity index (χ3n) is 5.10. The molecule has 1 saturated carbocycles. The molecule has 130 valence electrons. The molecule has 0 amide bonds. The molecule has 2 heterocycles. The highest BCUT2D eigenvalue weighted by Crippen LogP contribution is 2.39. The van der Waals surface area contributed by atoms with Gasteiger partial charge in [0.1, 0.15) is 0 Å². The van der Waals surface area contributed by atoms with E-state index in [0.29, 0.717) is 18.5 Å². The number of nitrogens with one attached hydrogen (secondary N) is 1. The lowest BCUT2D eigenvalue weighted by Crippen LogP contribution is -2.26. The van der Waals surface area contributed by atoms with E-state index >= 15 is 0 Å². The molecule has 25 heavy (non-hydrogen) atoms. The third kappa shape index (κ3) is 3.17. The first-order valence-corrected chi connectivity index (χ1v) is 8.88. The third-order valence-corrected chi connectivity index (χ3v) is 5.10. The van der Waals surface area contributed by atoms with Gasteiger partial charge < -0.3 is 16.8 Å². The van der Waals surface area contributed by atoms with Crippen LogP contribution in [0, 0.1) is 0 Å². The maximum atomic E-state index is 6.50. The van der Waals surface area contributed by atoms with E-state index in [-0.39, 0.29) is 0 Å². The van der Waals surface area contributed by atoms with Crippen LogP contribution in [0.5, 0.6) is 0 Å². The molecule has 6 heteroatoms. The number of aromatic nitrogens is 3. The number of imidazole rings is 1. The second-order valence-electron chi connectivity index (χ2n) is 6.82. The van der Waals surface area contributed by atoms with E-state index in [4.69, 9.17) is 16.6 Å². The number of fused-ring (bicyclic) bond motifs is 1. The molecule has 3 aromatic rings. The fourth-order valence-corrected chi connectivity index (χ4v) is 3.71. The molecule has 5 N–H and O–H groups in total. The van der Waals surface area contributed by atoms with Gasteiger partial charge in [-0.05, 0) is 37.2 Å². The number of nitrogens with zero attached hydrogens (tertiary/aromatic N) is 3. The standard InChI is InChI=1S/C19H24N6/c20-15-8-6-14(7-9-15)16-17(21)19-22-10-11-25(19)24-18(16)23-12-13-4-2-1-3-5-13/h1-5,10-11,14-15H,6-9,12,20-21H2,(H,23,24)/t14-,15-. The summed E-state index contributed by atoms with van der Waals surface area (Å²) in [6.45, 7) is 0.715. The topological polar surface area (TPSA) is 94.3 Å². The monoisotopic (exact) mass is 336 g/mol. The summed E-state index contributed by atoms with van der Waals surface area (Å²) < 4.78 is 1.75. The first-order valence-electron chi connectivity index (χ1n) is 8.88. The molecule has 1 aromatic carbocycles. The van der Waals surface area contributed by atoms with Gasteiger partial charge in [0.25, 0.3) is 0 Å². The second kappa shape index (κ2) is 6.72. The molecule has 0 saturated heterocycles. The Morgan fingerprint density at radius 1 is 1.12 bits per heavy atom. The molecule has 0 radical (unpaired) electrons. The first-order chi connectivity index (χ1) is 12.2. The highest BCUT2D eigenvalue weighted by atomic mass is 15.3. The Labute approximate surface area is 147 Å². The minimum absolute atomic E-state index is 0.307. The summed E-state index contributed by atoms with van der Waals surface area (Å²) in [5.41, 5.74) is 16.4. The maximum absolute atomic E-state index is 6.50. The van der Waals surface area contributed by atoms with Gasteiger partial charge in [0, 0.05) is 30.5 Å². The van der Waals surface area contributed by atoms with E-state index in [1.807, 2.05) is 24.4 Å². The van der Waals surface area contributed by atoms with Gasteiger partial charge in [0.2, 0.25) is 0 Å². The molecule has 4 rings (SSSR count). The molecule has 0 atom stereocenters. The van der Waals surface area contributed by atoms with Crippen molar-refractivity contribution in [3.05, 3.63) is 53.9 Å². The van der Waals surface area contributed by atoms with Crippen LogP contribution in [0.15, 0.2) is 42.7 Å². The van der Waals surface area contributed by atoms with Gasteiger partial charge in [-0.3, -0.25) is 0 Å². The van der Waals surface area contributed by atoms with Crippen LogP contribution in [0.3, 0.4) is 0 Å². The van der Waals surface area contributed by atoms with Crippen molar-refractivity contribution in [2.45, 2.75) is 44.2 Å². The number of nitrogens with two attached hydrogens (primary N) is 2. The Kier molecular flexibility index (Phi) is 4.28. The van der Waals surface area contributed by atoms with Crippen molar-refractivity contribution in [2.75, 3.05) is 11.1 Å². The molecule has 1 fully saturated rings. The van der Waals surface area contributed by atoms with E-state index in [2.05, 4.69) is 22.4 Å². The lowest BCUT2D eigenvalue weighted by Gasteiger charge is -2.28. The van der Waals surface area contributed by atoms with E-state index in [9.17, 15) is 0 Å². The van der Waals surface area contributed by atoms with Crippen molar-refractivity contribution in [1.82, 2.24) is 14.6 Å². The van der Waals surface area contributed by atoms with Gasteiger partial charge in [0.15, 0.2) is 11.5 Å². The molecule has 1 aliphatic carbocycles. The lowest BCUT2D eigenvalue weighted by molar-refractivity contribution is 0.396. The summed E-state index contributed by atoms with van der Waals surface area (Å²) in [6, 6.07) is 10.6. The molecule has 0 unspecified atom stereocenters. The molecule has 2 aromatic heterocycles. The summed E-state index contributed by atoms with van der Waals surface area (Å²) in [5, 5.41) is 8.23. The number of rotatable bonds is 4. The van der Waals surface area contributed by atoms with E-state index in [0.717, 1.165) is 48.4 Å². The summed E-state index contributed by atoms with van der Waals surface area (Å²) in [7, 11) is 0. The smallest absolute Gasteiger partial charge is 0.177 e. The van der Waals surface area contributed by atoms with E-state index in [1.54, 1.807) is 10.7 Å². The Bertz CT molecular complexity index is 849. The predicted octanol–water partition coefficient (Wildman–Crippen LogP) is 2.91. The van der Waals surface area contributed by atoms with Crippen molar-refractivity contribution in [3.63, 3.8) is 0 Å². The predicted molar refractivity (Wildman–Crippen MR) is 100 cm³/mol. The van der Waals surface area contributed by atoms with Crippen LogP contribution >= 0.6 is 0 Å². The van der Waals surface area contributed by atoms with Gasteiger partial charge in [-0.2, -0.15) is 0 Å². The average molecular weight is 336 g/mol. The van der Waals surface area contributed by atoms with Crippen LogP contribution in [-0.2, 0) is 6.54 Å². The SMILES string of the molecule is Nc1c2nccn2nc(NCc2ccccc2)c1[C@H]1CC[C@H](N)CC1. The largest absolute Gasteiger partial charge is 0.395 e. The molecule has 0 aliphatic heterocycles. The van der Waals surface area contributed by atoms with Crippen molar-refractivity contribution < 1.29 is 0 Å². The van der Waals surface area contributed by atoms with Crippen LogP contribution in [0.2, 0.25) is 0 Å². The normalized spacial score (nSPS) is 20.7. The summed E-state index contributed by atoms with van der Waals surface area (Å²) in [5.74, 6) is 1.24. The fraction of sp³-hybridized carbons (Fsp3) is 0.368. The van der Waals surface area contributed by atoms with Gasteiger partial charge in [0.05, 0.1) is 5.69 Å². The van der Waals surface area contributed by atoms with Crippen molar-refractivity contribution in [2.24, 2.45) is 5.73 Å². The Morgan fingerprint density at radius 3 is 2.64 bits per heavy atom. The lowest BCUT2D eigenvalue weighted by atomic mass is 9.81. The Hall–Kier alpha value is -2.60. The molecule has 0 bridgehead atoms. The zero-order valence-electron chi connectivity index (χ0n) is 14.2. The first kappa shape index (κ1) is 15.9. The molecular formula is C19H24N6. The van der Waals surface area contributed by atoms with E-state index in [1.165, 1.54) is 5.56 Å². The van der Waals surface area contributed by atoms with Gasteiger partial charge >= 0.3 is 0 Å². The summed E-state index contributed by atoms with van der Waals surface area (Å²) >= 11 is 0. The van der Waals surface area contributed by atoms with Crippen molar-refractivity contribution >= 4 is 17.2 Å². The summed E-state index contributed by atoms with van der Waals surface area (Å²) in [4.78, 5) is 4.37. The van der Waals surface area contributed by atoms with Gasteiger partial charge in [-0.1, -0.05) is 30.3 Å². The number of nitrogen functional groups attached to an aromatic ring is 1. The van der Waals surface area contributed by atoms with Crippen LogP contribution in [0.25, 0.3) is 5.65 Å². The minimum atomic E-state index is 0.307. The number of benzene rings is 1. The molecular weight excluding hydrogens is 312 g/mol. The van der Waals surface area contributed by atoms with Crippen LogP contribution in [0.4, 0.5) is 11.5 Å². The second-order valence-corrected chi connectivity index (χ2v) is 6.82. The van der Waals surface area contributed by atoms with Crippen molar-refractivity contribution in [3.8, 4) is 0 Å². The quantitative estimate of drug-likeness (QED) is 0.681. The number of hydrogen-bond donors (Lipinski definition) is 3. The fourth-order valence-electron chi connectivity index (χ4n) is 3.71. The molecule has 6 nitrogen and oxygen atoms in total. The van der Waals surface area contributed by atoms with Crippen molar-refractivity contribution in [1.29, 1.82) is 0 Å². The van der Waals surface area contributed by atoms with Gasteiger partial charge in [-0.15, -0.1) is 5.10 Å². The van der Waals surface area contributed by atoms with Crippen LogP contribution in [-0.4, -0.2) is 20.6 Å². The molecule has 0 spiro atoms. The van der Waals surface area contributed by atoms with Crippen LogP contribution < -0.4 is 16.8 Å². The maximum Gasteiger partial charge on any atom is 0.177 e. The average Bonchev–Trinajstić information content (AvgIpc) is 3.11. The van der Waals surface area contributed by atoms with Crippen LogP contribution in [0.1, 0.15) is 42.7 Å². The van der Waals surface area contributed by atoms with Gasteiger partial charge in [-0.25, -0.2) is 9.50 Å².